The molecule has 96 valence electrons. The Labute approximate surface area is 108 Å². The molecule has 1 saturated heterocycles. The van der Waals surface area contributed by atoms with E-state index in [2.05, 4.69) is 0 Å². The maximum Gasteiger partial charge on any atom is 0.326 e. The van der Waals surface area contributed by atoms with Gasteiger partial charge in [0.2, 0.25) is 5.91 Å². The van der Waals surface area contributed by atoms with Crippen molar-refractivity contribution in [2.45, 2.75) is 24.6 Å². The van der Waals surface area contributed by atoms with E-state index in [0.717, 1.165) is 11.8 Å². The molecule has 1 heterocycles. The van der Waals surface area contributed by atoms with Crippen LogP contribution in [-0.2, 0) is 14.4 Å². The smallest absolute Gasteiger partial charge is 0.326 e. The summed E-state index contributed by atoms with van der Waals surface area (Å²) < 4.78 is 0. The summed E-state index contributed by atoms with van der Waals surface area (Å²) in [5.74, 6) is -1.21. The number of rotatable bonds is 4. The van der Waals surface area contributed by atoms with Crippen LogP contribution in [0.2, 0.25) is 0 Å². The predicted molar refractivity (Wildman–Crippen MR) is 68.2 cm³/mol. The van der Waals surface area contributed by atoms with Crippen LogP contribution >= 0.6 is 23.5 Å². The molecule has 0 aromatic rings. The van der Waals surface area contributed by atoms with Crippen LogP contribution in [0.5, 0.6) is 0 Å². The molecular weight excluding hydrogens is 262 g/mol. The van der Waals surface area contributed by atoms with E-state index < -0.39 is 12.0 Å². The molecule has 1 rings (SSSR count). The van der Waals surface area contributed by atoms with Crippen LogP contribution in [0, 0.1) is 0 Å². The molecule has 0 saturated carbocycles. The van der Waals surface area contributed by atoms with E-state index in [1.807, 2.05) is 6.26 Å². The number of thioether (sulfide) groups is 2. The van der Waals surface area contributed by atoms with Crippen LogP contribution in [0.25, 0.3) is 0 Å². The fourth-order valence-corrected chi connectivity index (χ4v) is 2.90. The molecule has 0 spiro atoms. The molecule has 1 N–H and O–H groups in total. The zero-order chi connectivity index (χ0) is 13.0. The molecule has 0 radical (unpaired) electrons. The lowest BCUT2D eigenvalue weighted by molar-refractivity contribution is -0.147. The number of amides is 1. The first kappa shape index (κ1) is 14.4. The van der Waals surface area contributed by atoms with Gasteiger partial charge in [-0.15, -0.1) is 0 Å². The summed E-state index contributed by atoms with van der Waals surface area (Å²) in [6.45, 7) is 1.84. The van der Waals surface area contributed by atoms with E-state index in [1.165, 1.54) is 11.8 Å². The number of carbonyl (C=O) groups is 3. The highest BCUT2D eigenvalue weighted by molar-refractivity contribution is 8.14. The van der Waals surface area contributed by atoms with Crippen molar-refractivity contribution in [2.75, 3.05) is 18.6 Å². The monoisotopic (exact) mass is 277 g/mol. The molecule has 5 nitrogen and oxygen atoms in total. The number of aliphatic carboxylic acids is 1. The highest BCUT2D eigenvalue weighted by Gasteiger charge is 2.39. The van der Waals surface area contributed by atoms with Crippen molar-refractivity contribution >= 4 is 40.5 Å². The second-order valence-corrected chi connectivity index (χ2v) is 6.06. The Morgan fingerprint density at radius 3 is 2.53 bits per heavy atom. The lowest BCUT2D eigenvalue weighted by atomic mass is 10.2. The zero-order valence-electron chi connectivity index (χ0n) is 9.71. The topological polar surface area (TPSA) is 74.7 Å². The minimum atomic E-state index is -0.970. The summed E-state index contributed by atoms with van der Waals surface area (Å²) in [5, 5.41) is 9.08. The SMILES string of the molecule is CSC1C[C@@H](C(=O)O)N(C(=O)CSC(C)=O)C1. The van der Waals surface area contributed by atoms with Gasteiger partial charge in [0.05, 0.1) is 5.75 Å². The van der Waals surface area contributed by atoms with E-state index in [0.29, 0.717) is 13.0 Å². The van der Waals surface area contributed by atoms with Gasteiger partial charge in [0.25, 0.3) is 0 Å². The molecule has 1 aliphatic heterocycles. The van der Waals surface area contributed by atoms with Crippen molar-refractivity contribution in [3.8, 4) is 0 Å². The van der Waals surface area contributed by atoms with Gasteiger partial charge in [0, 0.05) is 18.7 Å². The van der Waals surface area contributed by atoms with Crippen molar-refractivity contribution in [1.29, 1.82) is 0 Å². The Hall–Kier alpha value is -0.690. The first-order valence-corrected chi connectivity index (χ1v) is 7.41. The molecule has 1 amide bonds. The molecule has 7 heteroatoms. The molecule has 0 aromatic heterocycles. The number of carbonyl (C=O) groups excluding carboxylic acids is 2. The van der Waals surface area contributed by atoms with Gasteiger partial charge in [0.15, 0.2) is 5.12 Å². The number of carboxylic acid groups (broad SMARTS) is 1. The Balaban J connectivity index is 2.63. The fourth-order valence-electron chi connectivity index (χ4n) is 1.72. The van der Waals surface area contributed by atoms with Crippen LogP contribution in [0.15, 0.2) is 0 Å². The van der Waals surface area contributed by atoms with Gasteiger partial charge >= 0.3 is 5.97 Å². The largest absolute Gasteiger partial charge is 0.480 e. The molecule has 0 aliphatic carbocycles. The van der Waals surface area contributed by atoms with Gasteiger partial charge in [-0.2, -0.15) is 11.8 Å². The molecule has 0 bridgehead atoms. The third-order valence-electron chi connectivity index (χ3n) is 2.60. The van der Waals surface area contributed by atoms with Crippen molar-refractivity contribution in [1.82, 2.24) is 4.90 Å². The van der Waals surface area contributed by atoms with Crippen LogP contribution in [0.3, 0.4) is 0 Å². The van der Waals surface area contributed by atoms with Crippen LogP contribution in [0.1, 0.15) is 13.3 Å². The summed E-state index contributed by atoms with van der Waals surface area (Å²) >= 11 is 2.49. The molecule has 2 atom stereocenters. The standard InChI is InChI=1S/C10H15NO4S2/c1-6(12)17-5-9(13)11-4-7(16-2)3-8(11)10(14)15/h7-8H,3-5H2,1-2H3,(H,14,15)/t7?,8-/m0/s1. The Bertz CT molecular complexity index is 334. The normalized spacial score (nSPS) is 23.8. The predicted octanol–water partition coefficient (Wildman–Crippen LogP) is 0.683. The number of hydrogen-bond acceptors (Lipinski definition) is 5. The van der Waals surface area contributed by atoms with Gasteiger partial charge < -0.3 is 10.0 Å². The number of likely N-dealkylation sites (tertiary alicyclic amines) is 1. The number of hydrogen-bond donors (Lipinski definition) is 1. The summed E-state index contributed by atoms with van der Waals surface area (Å²) in [4.78, 5) is 35.0. The average molecular weight is 277 g/mol. The highest BCUT2D eigenvalue weighted by Crippen LogP contribution is 2.26. The second kappa shape index (κ2) is 6.30. The van der Waals surface area contributed by atoms with Crippen LogP contribution in [0.4, 0.5) is 0 Å². The molecule has 1 aliphatic rings. The van der Waals surface area contributed by atoms with Crippen molar-refractivity contribution < 1.29 is 19.5 Å². The second-order valence-electron chi connectivity index (χ2n) is 3.77. The molecule has 0 aromatic carbocycles. The van der Waals surface area contributed by atoms with Gasteiger partial charge in [-0.3, -0.25) is 9.59 Å². The van der Waals surface area contributed by atoms with Gasteiger partial charge in [-0.25, -0.2) is 4.79 Å². The van der Waals surface area contributed by atoms with Gasteiger partial charge in [-0.05, 0) is 12.7 Å². The third-order valence-corrected chi connectivity index (χ3v) is 4.41. The summed E-state index contributed by atoms with van der Waals surface area (Å²) in [7, 11) is 0. The lowest BCUT2D eigenvalue weighted by Crippen LogP contribution is -2.41. The van der Waals surface area contributed by atoms with E-state index in [9.17, 15) is 14.4 Å². The first-order valence-electron chi connectivity index (χ1n) is 5.14. The molecule has 1 fully saturated rings. The Kier molecular flexibility index (Phi) is 5.32. The number of carboxylic acids is 1. The van der Waals surface area contributed by atoms with Gasteiger partial charge in [0.1, 0.15) is 6.04 Å². The number of nitrogens with zero attached hydrogens (tertiary/aromatic N) is 1. The third kappa shape index (κ3) is 3.92. The highest BCUT2D eigenvalue weighted by atomic mass is 32.2. The lowest BCUT2D eigenvalue weighted by Gasteiger charge is -2.20. The van der Waals surface area contributed by atoms with Crippen molar-refractivity contribution in [3.63, 3.8) is 0 Å². The van der Waals surface area contributed by atoms with E-state index in [4.69, 9.17) is 5.11 Å². The van der Waals surface area contributed by atoms with Crippen molar-refractivity contribution in [2.24, 2.45) is 0 Å². The minimum Gasteiger partial charge on any atom is -0.480 e. The first-order chi connectivity index (χ1) is 7.95. The minimum absolute atomic E-state index is 0.0280. The van der Waals surface area contributed by atoms with E-state index in [-0.39, 0.29) is 22.0 Å². The van der Waals surface area contributed by atoms with Gasteiger partial charge in [-0.1, -0.05) is 11.8 Å². The Morgan fingerprint density at radius 1 is 1.41 bits per heavy atom. The molecule has 1 unspecified atom stereocenters. The quantitative estimate of drug-likeness (QED) is 0.814. The van der Waals surface area contributed by atoms with Crippen LogP contribution < -0.4 is 0 Å². The maximum absolute atomic E-state index is 11.8. The summed E-state index contributed by atoms with van der Waals surface area (Å²) in [6.07, 6.45) is 2.38. The summed E-state index contributed by atoms with van der Waals surface area (Å²) in [5.41, 5.74) is 0. The van der Waals surface area contributed by atoms with Crippen LogP contribution in [-0.4, -0.2) is 56.8 Å². The maximum atomic E-state index is 11.8. The zero-order valence-corrected chi connectivity index (χ0v) is 11.3. The molecule has 17 heavy (non-hydrogen) atoms. The fraction of sp³-hybridized carbons (Fsp3) is 0.700. The van der Waals surface area contributed by atoms with E-state index in [1.54, 1.807) is 11.8 Å². The average Bonchev–Trinajstić information content (AvgIpc) is 2.69. The Morgan fingerprint density at radius 2 is 2.06 bits per heavy atom. The molecular formula is C10H15NO4S2. The van der Waals surface area contributed by atoms with E-state index >= 15 is 0 Å². The summed E-state index contributed by atoms with van der Waals surface area (Å²) in [6, 6.07) is -0.743. The van der Waals surface area contributed by atoms with Crippen molar-refractivity contribution in [3.05, 3.63) is 0 Å².